The van der Waals surface area contributed by atoms with Gasteiger partial charge < -0.3 is 0 Å². The zero-order valence-electron chi connectivity index (χ0n) is 8.90. The van der Waals surface area contributed by atoms with Crippen molar-refractivity contribution in [3.63, 3.8) is 0 Å². The fraction of sp³-hybridized carbons (Fsp3) is 0.857. The summed E-state index contributed by atoms with van der Waals surface area (Å²) in [6.07, 6.45) is 0. The Morgan fingerprint density at radius 3 is 1.59 bits per heavy atom. The van der Waals surface area contributed by atoms with Gasteiger partial charge in [0, 0.05) is 0 Å². The van der Waals surface area contributed by atoms with E-state index < -0.39 is 36.6 Å². The maximum atomic E-state index is 13.2. The first-order valence-corrected chi connectivity index (χ1v) is 9.71. The van der Waals surface area contributed by atoms with Crippen LogP contribution in [0.1, 0.15) is 13.8 Å². The average Bonchev–Trinajstić information content (AvgIpc) is 2.12. The predicted octanol–water partition coefficient (Wildman–Crippen LogP) is 3.53. The summed E-state index contributed by atoms with van der Waals surface area (Å²) in [4.78, 5) is -9.88. The van der Waals surface area contributed by atoms with E-state index in [1.165, 1.54) is 13.8 Å². The van der Waals surface area contributed by atoms with Crippen LogP contribution >= 0.6 is 6.76 Å². The van der Waals surface area contributed by atoms with Crippen LogP contribution in [0.4, 0.5) is 30.7 Å². The molecule has 0 N–H and O–H groups in total. The third-order valence-corrected chi connectivity index (χ3v) is 9.00. The maximum absolute atomic E-state index is 13.2. The Balaban J connectivity index is 5.18. The Kier molecular flexibility index (Phi) is 6.46. The summed E-state index contributed by atoms with van der Waals surface area (Å²) in [6, 6.07) is 0. The van der Waals surface area contributed by atoms with Gasteiger partial charge in [-0.1, -0.05) is 0 Å². The van der Waals surface area contributed by atoms with Crippen LogP contribution in [-0.2, 0) is 0 Å². The molecular formula is C7H10AsF7NP. The fourth-order valence-corrected chi connectivity index (χ4v) is 5.55. The molecule has 0 atom stereocenters. The molecule has 102 valence electrons. The molecule has 0 aromatic rings. The molecule has 0 amide bonds. The van der Waals surface area contributed by atoms with Crippen LogP contribution in [0.25, 0.3) is 0 Å². The van der Waals surface area contributed by atoms with Gasteiger partial charge in [-0.3, -0.25) is 0 Å². The summed E-state index contributed by atoms with van der Waals surface area (Å²) in [5.41, 5.74) is -1.36. The molecule has 0 heterocycles. The molecule has 0 aliphatic carbocycles. The number of nitrogens with zero attached hydrogens (tertiary/aromatic N) is 1. The van der Waals surface area contributed by atoms with Gasteiger partial charge in [-0.15, -0.1) is 0 Å². The molecule has 1 nitrogen and oxygen atoms in total. The number of halogens is 7. The third-order valence-electron chi connectivity index (χ3n) is 1.69. The monoisotopic (exact) mass is 347 g/mol. The van der Waals surface area contributed by atoms with E-state index >= 15 is 0 Å². The molecule has 0 radical (unpaired) electrons. The topological polar surface area (TPSA) is 3.24 Å². The molecule has 10 heteroatoms. The van der Waals surface area contributed by atoms with E-state index in [1.807, 2.05) is 0 Å². The first kappa shape index (κ1) is 17.2. The molecule has 17 heavy (non-hydrogen) atoms. The van der Waals surface area contributed by atoms with Gasteiger partial charge in [-0.2, -0.15) is 0 Å². The Bertz CT molecular complexity index is 256. The van der Waals surface area contributed by atoms with E-state index in [1.54, 1.807) is 0 Å². The van der Waals surface area contributed by atoms with Crippen molar-refractivity contribution in [1.29, 1.82) is 0 Å². The van der Waals surface area contributed by atoms with E-state index in [0.717, 1.165) is 4.90 Å². The zero-order valence-corrected chi connectivity index (χ0v) is 11.7. The van der Waals surface area contributed by atoms with Crippen LogP contribution in [0, 0.1) is 0 Å². The average molecular weight is 347 g/mol. The summed E-state index contributed by atoms with van der Waals surface area (Å²) >= 11 is -5.31. The molecule has 0 aliphatic heterocycles. The molecule has 0 aliphatic rings. The van der Waals surface area contributed by atoms with E-state index in [0.29, 0.717) is 0 Å². The van der Waals surface area contributed by atoms with Crippen molar-refractivity contribution in [1.82, 2.24) is 4.90 Å². The quantitative estimate of drug-likeness (QED) is 0.326. The second kappa shape index (κ2) is 6.39. The van der Waals surface area contributed by atoms with Gasteiger partial charge in [0.1, 0.15) is 0 Å². The van der Waals surface area contributed by atoms with Gasteiger partial charge in [0.15, 0.2) is 0 Å². The molecule has 0 saturated carbocycles. The number of alkyl halides is 6. The normalized spacial score (nSPS) is 14.9. The second-order valence-electron chi connectivity index (χ2n) is 2.79. The molecular weight excluding hydrogens is 337 g/mol. The standard InChI is InChI=1S/C7H10AsF7NP/c1-3-16(4-2)5(9)17-8(6(10,11)12)7(13,14)15/h3-4H2,1-2H3. The van der Waals surface area contributed by atoms with E-state index in [2.05, 4.69) is 0 Å². The molecule has 0 unspecified atom stereocenters. The Labute approximate surface area is 99.6 Å². The second-order valence-corrected chi connectivity index (χ2v) is 10.1. The van der Waals surface area contributed by atoms with E-state index in [4.69, 9.17) is 0 Å². The van der Waals surface area contributed by atoms with Crippen molar-refractivity contribution in [3.05, 3.63) is 0 Å². The van der Waals surface area contributed by atoms with E-state index in [9.17, 15) is 30.7 Å². The summed E-state index contributed by atoms with van der Waals surface area (Å²) in [6.45, 7) is 1.71. The van der Waals surface area contributed by atoms with Gasteiger partial charge in [0.25, 0.3) is 0 Å². The number of rotatable bonds is 4. The van der Waals surface area contributed by atoms with Gasteiger partial charge in [-0.05, 0) is 0 Å². The minimum absolute atomic E-state index is 0.0350. The van der Waals surface area contributed by atoms with E-state index in [-0.39, 0.29) is 13.1 Å². The SMILES string of the molecule is CCN(CC)C(F)=P[As](C(F)(F)F)C(F)(F)F. The number of hydrogen-bond donors (Lipinski definition) is 0. The van der Waals surface area contributed by atoms with Gasteiger partial charge >= 0.3 is 99.1 Å². The van der Waals surface area contributed by atoms with Crippen LogP contribution < -0.4 is 0 Å². The van der Waals surface area contributed by atoms with Crippen LogP contribution in [0.15, 0.2) is 0 Å². The molecule has 0 rings (SSSR count). The number of hydrogen-bond acceptors (Lipinski definition) is 0. The zero-order chi connectivity index (χ0) is 13.9. The Morgan fingerprint density at radius 2 is 1.35 bits per heavy atom. The first-order chi connectivity index (χ1) is 7.54. The van der Waals surface area contributed by atoms with Crippen molar-refractivity contribution in [2.45, 2.75) is 23.8 Å². The van der Waals surface area contributed by atoms with Gasteiger partial charge in [0.2, 0.25) is 0 Å². The van der Waals surface area contributed by atoms with Crippen molar-refractivity contribution in [2.24, 2.45) is 0 Å². The molecule has 0 aromatic carbocycles. The van der Waals surface area contributed by atoms with Gasteiger partial charge in [0.05, 0.1) is 0 Å². The summed E-state index contributed by atoms with van der Waals surface area (Å²) < 4.78 is 86.4. The molecule has 0 aromatic heterocycles. The van der Waals surface area contributed by atoms with Crippen LogP contribution in [-0.4, -0.2) is 47.8 Å². The van der Waals surface area contributed by atoms with Gasteiger partial charge in [-0.25, -0.2) is 0 Å². The summed E-state index contributed by atoms with van der Waals surface area (Å²) in [7, 11) is 0. The van der Waals surface area contributed by atoms with Crippen molar-refractivity contribution >= 4 is 26.6 Å². The third kappa shape index (κ3) is 5.58. The molecule has 0 bridgehead atoms. The molecule has 0 spiro atoms. The Hall–Kier alpha value is 0.198. The predicted molar refractivity (Wildman–Crippen MR) is 53.8 cm³/mol. The Morgan fingerprint density at radius 1 is 1.00 bits per heavy atom. The van der Waals surface area contributed by atoms with Crippen molar-refractivity contribution < 1.29 is 30.7 Å². The minimum atomic E-state index is -5.36. The first-order valence-electron chi connectivity index (χ1n) is 4.46. The molecule has 0 fully saturated rings. The van der Waals surface area contributed by atoms with Crippen LogP contribution in [0.5, 0.6) is 0 Å². The summed E-state index contributed by atoms with van der Waals surface area (Å²) in [5, 5.41) is 0. The fourth-order valence-electron chi connectivity index (χ4n) is 0.887. The van der Waals surface area contributed by atoms with Crippen molar-refractivity contribution in [3.8, 4) is 0 Å². The van der Waals surface area contributed by atoms with Crippen LogP contribution in [0.2, 0.25) is 0 Å². The van der Waals surface area contributed by atoms with Crippen molar-refractivity contribution in [2.75, 3.05) is 13.1 Å². The molecule has 0 saturated heterocycles. The van der Waals surface area contributed by atoms with Crippen LogP contribution in [0.3, 0.4) is 0 Å². The summed E-state index contributed by atoms with van der Waals surface area (Å²) in [5.74, 6) is 0.